The van der Waals surface area contributed by atoms with Crippen LogP contribution in [0.1, 0.15) is 38.2 Å². The van der Waals surface area contributed by atoms with E-state index in [2.05, 4.69) is 15.6 Å². The van der Waals surface area contributed by atoms with Crippen LogP contribution in [0, 0.1) is 0 Å². The van der Waals surface area contributed by atoms with E-state index in [4.69, 9.17) is 5.11 Å². The van der Waals surface area contributed by atoms with E-state index in [0.717, 1.165) is 0 Å². The molecule has 0 aliphatic heterocycles. The molecule has 1 aromatic heterocycles. The topological polar surface area (TPSA) is 100 Å². The van der Waals surface area contributed by atoms with Gasteiger partial charge in [0.05, 0.1) is 18.3 Å². The lowest BCUT2D eigenvalue weighted by atomic mass is 9.86. The first-order valence-corrected chi connectivity index (χ1v) is 5.74. The molecule has 0 amide bonds. The summed E-state index contributed by atoms with van der Waals surface area (Å²) >= 11 is 0. The Labute approximate surface area is 106 Å². The first-order valence-electron chi connectivity index (χ1n) is 5.74. The highest BCUT2D eigenvalue weighted by Crippen LogP contribution is 2.19. The van der Waals surface area contributed by atoms with Crippen molar-refractivity contribution >= 4 is 5.97 Å². The predicted octanol–water partition coefficient (Wildman–Crippen LogP) is 0.115. The molecule has 7 heteroatoms. The van der Waals surface area contributed by atoms with Crippen molar-refractivity contribution in [1.29, 1.82) is 0 Å². The van der Waals surface area contributed by atoms with E-state index in [1.54, 1.807) is 13.8 Å². The minimum Gasteiger partial charge on any atom is -0.476 e. The van der Waals surface area contributed by atoms with Crippen molar-refractivity contribution in [2.45, 2.75) is 45.4 Å². The molecule has 0 aliphatic carbocycles. The average molecular weight is 256 g/mol. The number of nitrogens with one attached hydrogen (secondary N) is 1. The van der Waals surface area contributed by atoms with Gasteiger partial charge >= 0.3 is 5.97 Å². The molecule has 0 saturated heterocycles. The van der Waals surface area contributed by atoms with Crippen LogP contribution in [0.4, 0.5) is 0 Å². The molecule has 7 nitrogen and oxygen atoms in total. The molecule has 0 radical (unpaired) electrons. The maximum absolute atomic E-state index is 10.6. The van der Waals surface area contributed by atoms with E-state index >= 15 is 0 Å². The zero-order valence-corrected chi connectivity index (χ0v) is 11.1. The second-order valence-corrected chi connectivity index (χ2v) is 5.28. The van der Waals surface area contributed by atoms with Crippen LogP contribution in [-0.4, -0.2) is 48.9 Å². The number of hydrogen-bond donors (Lipinski definition) is 3. The summed E-state index contributed by atoms with van der Waals surface area (Å²) in [6.45, 7) is 8.31. The summed E-state index contributed by atoms with van der Waals surface area (Å²) in [5.74, 6) is -1.09. The molecule has 0 atom stereocenters. The Morgan fingerprint density at radius 2 is 2.06 bits per heavy atom. The van der Waals surface area contributed by atoms with E-state index < -0.39 is 17.1 Å². The molecule has 0 aliphatic rings. The van der Waals surface area contributed by atoms with Gasteiger partial charge in [0.25, 0.3) is 0 Å². The first kappa shape index (κ1) is 14.6. The van der Waals surface area contributed by atoms with Crippen LogP contribution in [0.2, 0.25) is 0 Å². The highest BCUT2D eigenvalue weighted by atomic mass is 16.4. The minimum absolute atomic E-state index is 0.0725. The van der Waals surface area contributed by atoms with Crippen molar-refractivity contribution in [3.63, 3.8) is 0 Å². The number of aliphatic hydroxyl groups is 1. The number of aromatic carboxylic acids is 1. The van der Waals surface area contributed by atoms with Gasteiger partial charge in [-0.25, -0.2) is 4.79 Å². The normalized spacial score (nSPS) is 12.7. The number of carboxylic acid groups (broad SMARTS) is 1. The summed E-state index contributed by atoms with van der Waals surface area (Å²) < 4.78 is 1.46. The average Bonchev–Trinajstić information content (AvgIpc) is 2.64. The summed E-state index contributed by atoms with van der Waals surface area (Å²) in [5.41, 5.74) is -1.39. The van der Waals surface area contributed by atoms with Crippen LogP contribution < -0.4 is 5.32 Å². The molecule has 1 aromatic rings. The third-order valence-corrected chi connectivity index (χ3v) is 3.20. The van der Waals surface area contributed by atoms with E-state index in [9.17, 15) is 9.90 Å². The molecule has 1 rings (SSSR count). The van der Waals surface area contributed by atoms with E-state index in [1.165, 1.54) is 10.9 Å². The van der Waals surface area contributed by atoms with Gasteiger partial charge in [-0.05, 0) is 27.7 Å². The fraction of sp³-hybridized carbons (Fsp3) is 0.727. The molecule has 3 N–H and O–H groups in total. The Balaban J connectivity index is 2.49. The smallest absolute Gasteiger partial charge is 0.358 e. The van der Waals surface area contributed by atoms with Gasteiger partial charge in [0, 0.05) is 12.1 Å². The van der Waals surface area contributed by atoms with Gasteiger partial charge in [-0.3, -0.25) is 4.68 Å². The monoisotopic (exact) mass is 256 g/mol. The molecule has 102 valence electrons. The van der Waals surface area contributed by atoms with Gasteiger partial charge in [0.2, 0.25) is 0 Å². The Morgan fingerprint density at radius 3 is 2.50 bits per heavy atom. The van der Waals surface area contributed by atoms with Gasteiger partial charge in [0.15, 0.2) is 5.69 Å². The van der Waals surface area contributed by atoms with E-state index in [1.807, 2.05) is 13.8 Å². The molecular formula is C11H20N4O3. The van der Waals surface area contributed by atoms with Gasteiger partial charge in [-0.1, -0.05) is 5.21 Å². The summed E-state index contributed by atoms with van der Waals surface area (Å²) in [6, 6.07) is 0. The summed E-state index contributed by atoms with van der Waals surface area (Å²) in [7, 11) is 0. The fourth-order valence-electron chi connectivity index (χ4n) is 1.20. The number of rotatable bonds is 6. The van der Waals surface area contributed by atoms with Crippen LogP contribution >= 0.6 is 0 Å². The maximum Gasteiger partial charge on any atom is 0.358 e. The third kappa shape index (κ3) is 3.51. The summed E-state index contributed by atoms with van der Waals surface area (Å²) in [6.07, 6.45) is 1.38. The van der Waals surface area contributed by atoms with Crippen LogP contribution in [0.25, 0.3) is 0 Å². The largest absolute Gasteiger partial charge is 0.476 e. The Kier molecular flexibility index (Phi) is 4.08. The standard InChI is InChI=1S/C11H20N4O3/c1-10(2,11(3,4)18)12-5-6-15-7-8(9(16)17)13-14-15/h7,12,18H,5-6H2,1-4H3,(H,16,17). The van der Waals surface area contributed by atoms with Crippen molar-refractivity contribution in [3.05, 3.63) is 11.9 Å². The first-order chi connectivity index (χ1) is 8.13. The van der Waals surface area contributed by atoms with Crippen LogP contribution in [0.15, 0.2) is 6.20 Å². The zero-order valence-electron chi connectivity index (χ0n) is 11.1. The Hall–Kier alpha value is -1.47. The molecule has 0 aromatic carbocycles. The molecule has 0 bridgehead atoms. The molecule has 0 unspecified atom stereocenters. The predicted molar refractivity (Wildman–Crippen MR) is 65.4 cm³/mol. The van der Waals surface area contributed by atoms with Crippen molar-refractivity contribution in [2.24, 2.45) is 0 Å². The number of carboxylic acids is 1. The molecule has 0 fully saturated rings. The highest BCUT2D eigenvalue weighted by Gasteiger charge is 2.34. The second kappa shape index (κ2) is 5.03. The summed E-state index contributed by atoms with van der Waals surface area (Å²) in [5, 5.41) is 29.1. The van der Waals surface area contributed by atoms with Crippen LogP contribution in [-0.2, 0) is 6.54 Å². The van der Waals surface area contributed by atoms with Crippen molar-refractivity contribution in [1.82, 2.24) is 20.3 Å². The molecule has 18 heavy (non-hydrogen) atoms. The molecule has 0 saturated carbocycles. The van der Waals surface area contributed by atoms with E-state index in [-0.39, 0.29) is 5.69 Å². The summed E-state index contributed by atoms with van der Waals surface area (Å²) in [4.78, 5) is 10.6. The van der Waals surface area contributed by atoms with Gasteiger partial charge < -0.3 is 15.5 Å². The van der Waals surface area contributed by atoms with Crippen LogP contribution in [0.5, 0.6) is 0 Å². The van der Waals surface area contributed by atoms with Gasteiger partial charge in [-0.2, -0.15) is 0 Å². The third-order valence-electron chi connectivity index (χ3n) is 3.20. The number of nitrogens with zero attached hydrogens (tertiary/aromatic N) is 3. The number of aromatic nitrogens is 3. The number of hydrogen-bond acceptors (Lipinski definition) is 5. The zero-order chi connectivity index (χ0) is 14.0. The SMILES string of the molecule is CC(C)(O)C(C)(C)NCCn1cc(C(=O)O)nn1. The maximum atomic E-state index is 10.6. The van der Waals surface area contributed by atoms with E-state index in [0.29, 0.717) is 13.1 Å². The molecular weight excluding hydrogens is 236 g/mol. The number of carbonyl (C=O) groups is 1. The van der Waals surface area contributed by atoms with Crippen LogP contribution in [0.3, 0.4) is 0 Å². The van der Waals surface area contributed by atoms with Gasteiger partial charge in [-0.15, -0.1) is 5.10 Å². The Morgan fingerprint density at radius 1 is 1.44 bits per heavy atom. The lowest BCUT2D eigenvalue weighted by Crippen LogP contribution is -2.56. The molecule has 1 heterocycles. The molecule has 0 spiro atoms. The minimum atomic E-state index is -1.09. The van der Waals surface area contributed by atoms with Crippen molar-refractivity contribution < 1.29 is 15.0 Å². The van der Waals surface area contributed by atoms with Crippen molar-refractivity contribution in [3.8, 4) is 0 Å². The van der Waals surface area contributed by atoms with Gasteiger partial charge in [0.1, 0.15) is 0 Å². The van der Waals surface area contributed by atoms with Crippen molar-refractivity contribution in [2.75, 3.05) is 6.54 Å². The lowest BCUT2D eigenvalue weighted by Gasteiger charge is -2.38. The second-order valence-electron chi connectivity index (χ2n) is 5.28. The fourth-order valence-corrected chi connectivity index (χ4v) is 1.20. The quantitative estimate of drug-likeness (QED) is 0.668. The Bertz CT molecular complexity index is 420. The highest BCUT2D eigenvalue weighted by molar-refractivity contribution is 5.84. The lowest BCUT2D eigenvalue weighted by molar-refractivity contribution is -0.00472.